The molecule has 2 atom stereocenters. The molecule has 70 valence electrons. The molecule has 12 heavy (non-hydrogen) atoms. The van der Waals surface area contributed by atoms with Crippen LogP contribution in [0.3, 0.4) is 0 Å². The third kappa shape index (κ3) is 2.07. The SMILES string of the molecule is CC(C)C1CCC(CO)CC1=O. The van der Waals surface area contributed by atoms with E-state index in [1.807, 2.05) is 0 Å². The topological polar surface area (TPSA) is 37.3 Å². The first kappa shape index (κ1) is 9.72. The lowest BCUT2D eigenvalue weighted by Crippen LogP contribution is -2.29. The molecule has 0 saturated heterocycles. The van der Waals surface area contributed by atoms with Crippen molar-refractivity contribution < 1.29 is 9.90 Å². The van der Waals surface area contributed by atoms with E-state index >= 15 is 0 Å². The van der Waals surface area contributed by atoms with Gasteiger partial charge in [0.05, 0.1) is 0 Å². The Kier molecular flexibility index (Phi) is 3.27. The molecule has 1 rings (SSSR count). The zero-order valence-electron chi connectivity index (χ0n) is 7.92. The van der Waals surface area contributed by atoms with Crippen LogP contribution in [0.25, 0.3) is 0 Å². The molecule has 0 radical (unpaired) electrons. The van der Waals surface area contributed by atoms with E-state index in [0.717, 1.165) is 12.8 Å². The molecule has 0 heterocycles. The van der Waals surface area contributed by atoms with Gasteiger partial charge in [0.1, 0.15) is 5.78 Å². The van der Waals surface area contributed by atoms with E-state index in [2.05, 4.69) is 13.8 Å². The highest BCUT2D eigenvalue weighted by atomic mass is 16.3. The van der Waals surface area contributed by atoms with Crippen LogP contribution in [0.15, 0.2) is 0 Å². The van der Waals surface area contributed by atoms with Crippen LogP contribution in [-0.4, -0.2) is 17.5 Å². The van der Waals surface area contributed by atoms with Gasteiger partial charge in [0, 0.05) is 18.9 Å². The Labute approximate surface area is 74.0 Å². The minimum Gasteiger partial charge on any atom is -0.396 e. The molecule has 1 N–H and O–H groups in total. The van der Waals surface area contributed by atoms with Gasteiger partial charge in [0.25, 0.3) is 0 Å². The molecule has 2 heteroatoms. The van der Waals surface area contributed by atoms with E-state index in [-0.39, 0.29) is 18.4 Å². The van der Waals surface area contributed by atoms with Gasteiger partial charge >= 0.3 is 0 Å². The second-order valence-corrected chi connectivity index (χ2v) is 4.15. The lowest BCUT2D eigenvalue weighted by Gasteiger charge is -2.28. The Hall–Kier alpha value is -0.370. The van der Waals surface area contributed by atoms with Crippen molar-refractivity contribution in [3.05, 3.63) is 0 Å². The summed E-state index contributed by atoms with van der Waals surface area (Å²) in [5, 5.41) is 8.88. The van der Waals surface area contributed by atoms with Crippen LogP contribution < -0.4 is 0 Å². The average molecular weight is 170 g/mol. The first-order chi connectivity index (χ1) is 5.65. The van der Waals surface area contributed by atoms with E-state index < -0.39 is 0 Å². The minimum absolute atomic E-state index is 0.177. The molecule has 0 bridgehead atoms. The Morgan fingerprint density at radius 1 is 1.50 bits per heavy atom. The van der Waals surface area contributed by atoms with Gasteiger partial charge < -0.3 is 5.11 Å². The predicted octanol–water partition coefficient (Wildman–Crippen LogP) is 1.62. The second kappa shape index (κ2) is 4.04. The molecule has 0 aliphatic heterocycles. The van der Waals surface area contributed by atoms with Crippen LogP contribution >= 0.6 is 0 Å². The summed E-state index contributed by atoms with van der Waals surface area (Å²) in [6.45, 7) is 4.38. The van der Waals surface area contributed by atoms with Crippen molar-refractivity contribution >= 4 is 5.78 Å². The highest BCUT2D eigenvalue weighted by Crippen LogP contribution is 2.30. The maximum absolute atomic E-state index is 11.5. The van der Waals surface area contributed by atoms with Gasteiger partial charge in [-0.3, -0.25) is 4.79 Å². The molecule has 0 aromatic carbocycles. The van der Waals surface area contributed by atoms with Crippen LogP contribution in [0, 0.1) is 17.8 Å². The summed E-state index contributed by atoms with van der Waals surface area (Å²) in [6, 6.07) is 0. The van der Waals surface area contributed by atoms with Gasteiger partial charge in [-0.05, 0) is 24.7 Å². The molecular weight excluding hydrogens is 152 g/mol. The summed E-state index contributed by atoms with van der Waals surface area (Å²) in [6.07, 6.45) is 2.59. The van der Waals surface area contributed by atoms with Gasteiger partial charge in [0.2, 0.25) is 0 Å². The minimum atomic E-state index is 0.177. The van der Waals surface area contributed by atoms with Crippen LogP contribution in [0.5, 0.6) is 0 Å². The van der Waals surface area contributed by atoms with Crippen LogP contribution in [-0.2, 0) is 4.79 Å². The van der Waals surface area contributed by atoms with Crippen LogP contribution in [0.1, 0.15) is 33.1 Å². The Balaban J connectivity index is 2.48. The van der Waals surface area contributed by atoms with Crippen molar-refractivity contribution in [1.82, 2.24) is 0 Å². The number of aliphatic hydroxyl groups excluding tert-OH is 1. The molecular formula is C10H18O2. The Bertz CT molecular complexity index is 163. The Morgan fingerprint density at radius 2 is 2.17 bits per heavy atom. The van der Waals surface area contributed by atoms with Crippen molar-refractivity contribution in [3.63, 3.8) is 0 Å². The number of hydrogen-bond acceptors (Lipinski definition) is 2. The predicted molar refractivity (Wildman–Crippen MR) is 47.8 cm³/mol. The highest BCUT2D eigenvalue weighted by molar-refractivity contribution is 5.82. The number of Topliss-reactive ketones (excluding diaryl/α,β-unsaturated/α-hetero) is 1. The summed E-state index contributed by atoms with van der Waals surface area (Å²) in [4.78, 5) is 11.5. The van der Waals surface area contributed by atoms with Crippen LogP contribution in [0.2, 0.25) is 0 Å². The van der Waals surface area contributed by atoms with Gasteiger partial charge in [-0.2, -0.15) is 0 Å². The molecule has 0 aromatic heterocycles. The van der Waals surface area contributed by atoms with Gasteiger partial charge in [-0.25, -0.2) is 0 Å². The smallest absolute Gasteiger partial charge is 0.136 e. The summed E-state index contributed by atoms with van der Waals surface area (Å²) < 4.78 is 0. The lowest BCUT2D eigenvalue weighted by atomic mass is 9.76. The fourth-order valence-electron chi connectivity index (χ4n) is 1.98. The third-order valence-electron chi connectivity index (χ3n) is 2.85. The quantitative estimate of drug-likeness (QED) is 0.683. The molecule has 0 aromatic rings. The molecule has 1 fully saturated rings. The number of ketones is 1. The van der Waals surface area contributed by atoms with E-state index in [0.29, 0.717) is 18.1 Å². The molecule has 1 aliphatic carbocycles. The lowest BCUT2D eigenvalue weighted by molar-refractivity contribution is -0.128. The first-order valence-corrected chi connectivity index (χ1v) is 4.78. The fourth-order valence-corrected chi connectivity index (χ4v) is 1.98. The van der Waals surface area contributed by atoms with E-state index in [1.54, 1.807) is 0 Å². The van der Waals surface area contributed by atoms with Crippen LogP contribution in [0.4, 0.5) is 0 Å². The number of carbonyl (C=O) groups is 1. The number of rotatable bonds is 2. The molecule has 1 aliphatic rings. The van der Waals surface area contributed by atoms with E-state index in [1.165, 1.54) is 0 Å². The van der Waals surface area contributed by atoms with Gasteiger partial charge in [-0.15, -0.1) is 0 Å². The van der Waals surface area contributed by atoms with Gasteiger partial charge in [0.15, 0.2) is 0 Å². The van der Waals surface area contributed by atoms with Crippen molar-refractivity contribution in [1.29, 1.82) is 0 Å². The maximum atomic E-state index is 11.5. The third-order valence-corrected chi connectivity index (χ3v) is 2.85. The second-order valence-electron chi connectivity index (χ2n) is 4.15. The molecule has 2 nitrogen and oxygen atoms in total. The number of aliphatic hydroxyl groups is 1. The maximum Gasteiger partial charge on any atom is 0.136 e. The average Bonchev–Trinajstić information content (AvgIpc) is 2.03. The van der Waals surface area contributed by atoms with Crippen molar-refractivity contribution in [2.24, 2.45) is 17.8 Å². The summed E-state index contributed by atoms with van der Waals surface area (Å²) >= 11 is 0. The summed E-state index contributed by atoms with van der Waals surface area (Å²) in [5.41, 5.74) is 0. The molecule has 2 unspecified atom stereocenters. The number of hydrogen-bond donors (Lipinski definition) is 1. The largest absolute Gasteiger partial charge is 0.396 e. The normalized spacial score (nSPS) is 31.2. The monoisotopic (exact) mass is 170 g/mol. The molecule has 0 amide bonds. The van der Waals surface area contributed by atoms with E-state index in [9.17, 15) is 4.79 Å². The Morgan fingerprint density at radius 3 is 2.58 bits per heavy atom. The molecule has 1 saturated carbocycles. The highest BCUT2D eigenvalue weighted by Gasteiger charge is 2.29. The van der Waals surface area contributed by atoms with Gasteiger partial charge in [-0.1, -0.05) is 13.8 Å². The number of carbonyl (C=O) groups excluding carboxylic acids is 1. The van der Waals surface area contributed by atoms with Crippen molar-refractivity contribution in [2.75, 3.05) is 6.61 Å². The standard InChI is InChI=1S/C10H18O2/c1-7(2)9-4-3-8(6-11)5-10(9)12/h7-9,11H,3-6H2,1-2H3. The zero-order chi connectivity index (χ0) is 9.14. The fraction of sp³-hybridized carbons (Fsp3) is 0.900. The first-order valence-electron chi connectivity index (χ1n) is 4.78. The summed E-state index contributed by atoms with van der Waals surface area (Å²) in [7, 11) is 0. The zero-order valence-corrected chi connectivity index (χ0v) is 7.92. The van der Waals surface area contributed by atoms with Crippen molar-refractivity contribution in [3.8, 4) is 0 Å². The summed E-state index contributed by atoms with van der Waals surface area (Å²) in [5.74, 6) is 1.33. The van der Waals surface area contributed by atoms with Crippen molar-refractivity contribution in [2.45, 2.75) is 33.1 Å². The van der Waals surface area contributed by atoms with E-state index in [4.69, 9.17) is 5.11 Å². The molecule has 0 spiro atoms.